The molecule has 0 fully saturated rings. The average Bonchev–Trinajstić information content (AvgIpc) is 3.15. The van der Waals surface area contributed by atoms with Crippen LogP contribution in [0.3, 0.4) is 0 Å². The molecule has 1 aliphatic rings. The number of benzene rings is 2. The van der Waals surface area contributed by atoms with E-state index < -0.39 is 11.3 Å². The standard InChI is InChI=1S/C24H20F4N4OS/c1-16-13-32(20-6-8-21(9-7-20)34-24(26,27)28)15-31(16)14-18-10-11-29-12-22(18)30-23(33)17-2-4-19(25)5-3-17/h2-13H,14-15H2,1H3,(H,30,33). The molecule has 1 aromatic heterocycles. The monoisotopic (exact) mass is 488 g/mol. The Morgan fingerprint density at radius 2 is 1.79 bits per heavy atom. The summed E-state index contributed by atoms with van der Waals surface area (Å²) in [5.74, 6) is -0.797. The molecule has 2 aromatic carbocycles. The van der Waals surface area contributed by atoms with Crippen LogP contribution in [0.15, 0.2) is 83.8 Å². The fraction of sp³-hybridized carbons (Fsp3) is 0.167. The summed E-state index contributed by atoms with van der Waals surface area (Å²) in [7, 11) is 0. The van der Waals surface area contributed by atoms with Crippen LogP contribution < -0.4 is 10.2 Å². The summed E-state index contributed by atoms with van der Waals surface area (Å²) < 4.78 is 50.8. The number of carbonyl (C=O) groups excluding carboxylic acids is 1. The van der Waals surface area contributed by atoms with E-state index in [4.69, 9.17) is 0 Å². The quantitative estimate of drug-likeness (QED) is 0.330. The molecular weight excluding hydrogens is 468 g/mol. The SMILES string of the molecule is CC1=CN(c2ccc(SC(F)(F)F)cc2)CN1Cc1ccncc1NC(=O)c1ccc(F)cc1. The van der Waals surface area contributed by atoms with E-state index in [0.29, 0.717) is 24.5 Å². The van der Waals surface area contributed by atoms with Crippen molar-refractivity contribution >= 4 is 29.0 Å². The highest BCUT2D eigenvalue weighted by atomic mass is 32.2. The number of rotatable bonds is 6. The van der Waals surface area contributed by atoms with Gasteiger partial charge in [0.25, 0.3) is 5.91 Å². The van der Waals surface area contributed by atoms with Crippen molar-refractivity contribution in [1.82, 2.24) is 9.88 Å². The van der Waals surface area contributed by atoms with Gasteiger partial charge in [0.2, 0.25) is 0 Å². The number of hydrogen-bond donors (Lipinski definition) is 1. The Balaban J connectivity index is 1.43. The number of alkyl halides is 3. The summed E-state index contributed by atoms with van der Waals surface area (Å²) >= 11 is -0.143. The molecule has 0 bridgehead atoms. The zero-order valence-corrected chi connectivity index (χ0v) is 18.8. The first-order valence-corrected chi connectivity index (χ1v) is 11.1. The van der Waals surface area contributed by atoms with Crippen molar-refractivity contribution in [2.24, 2.45) is 0 Å². The summed E-state index contributed by atoms with van der Waals surface area (Å²) in [5, 5.41) is 2.82. The minimum Gasteiger partial charge on any atom is -0.351 e. The number of pyridine rings is 1. The summed E-state index contributed by atoms with van der Waals surface area (Å²) in [6.45, 7) is 2.90. The van der Waals surface area contributed by atoms with Gasteiger partial charge in [-0.25, -0.2) is 4.39 Å². The van der Waals surface area contributed by atoms with E-state index in [1.54, 1.807) is 30.6 Å². The van der Waals surface area contributed by atoms with Crippen molar-refractivity contribution < 1.29 is 22.4 Å². The van der Waals surface area contributed by atoms with E-state index in [-0.39, 0.29) is 22.6 Å². The van der Waals surface area contributed by atoms with Crippen molar-refractivity contribution in [3.63, 3.8) is 0 Å². The van der Waals surface area contributed by atoms with E-state index in [2.05, 4.69) is 15.2 Å². The maximum atomic E-state index is 13.1. The second-order valence-electron chi connectivity index (χ2n) is 7.62. The molecule has 0 atom stereocenters. The maximum absolute atomic E-state index is 13.1. The summed E-state index contributed by atoms with van der Waals surface area (Å²) in [6.07, 6.45) is 5.11. The third kappa shape index (κ3) is 5.88. The molecule has 3 aromatic rings. The number of nitrogens with zero attached hydrogens (tertiary/aromatic N) is 3. The second kappa shape index (κ2) is 9.76. The molecule has 2 heterocycles. The van der Waals surface area contributed by atoms with E-state index >= 15 is 0 Å². The number of amides is 1. The fourth-order valence-electron chi connectivity index (χ4n) is 3.49. The highest BCUT2D eigenvalue weighted by Crippen LogP contribution is 2.37. The molecule has 0 saturated heterocycles. The van der Waals surface area contributed by atoms with Crippen LogP contribution >= 0.6 is 11.8 Å². The minimum atomic E-state index is -4.32. The summed E-state index contributed by atoms with van der Waals surface area (Å²) in [6, 6.07) is 13.3. The van der Waals surface area contributed by atoms with Crippen molar-refractivity contribution in [3.8, 4) is 0 Å². The van der Waals surface area contributed by atoms with Crippen LogP contribution in [0.1, 0.15) is 22.8 Å². The molecule has 0 unspecified atom stereocenters. The third-order valence-corrected chi connectivity index (χ3v) is 5.93. The smallest absolute Gasteiger partial charge is 0.351 e. The van der Waals surface area contributed by atoms with Gasteiger partial charge >= 0.3 is 5.51 Å². The Bertz CT molecular complexity index is 1200. The first kappa shape index (κ1) is 23.6. The van der Waals surface area contributed by atoms with Gasteiger partial charge in [-0.2, -0.15) is 13.2 Å². The van der Waals surface area contributed by atoms with Crippen molar-refractivity contribution in [2.45, 2.75) is 23.9 Å². The van der Waals surface area contributed by atoms with Crippen LogP contribution in [-0.2, 0) is 6.54 Å². The topological polar surface area (TPSA) is 48.5 Å². The Kier molecular flexibility index (Phi) is 6.78. The van der Waals surface area contributed by atoms with E-state index in [1.807, 2.05) is 18.0 Å². The Morgan fingerprint density at radius 1 is 1.09 bits per heavy atom. The number of halogens is 4. The molecule has 34 heavy (non-hydrogen) atoms. The number of thioether (sulfide) groups is 1. The normalized spacial score (nSPS) is 13.7. The van der Waals surface area contributed by atoms with Gasteiger partial charge < -0.3 is 15.1 Å². The van der Waals surface area contributed by atoms with Crippen molar-refractivity contribution in [2.75, 3.05) is 16.9 Å². The predicted octanol–water partition coefficient (Wildman–Crippen LogP) is 6.23. The molecule has 176 valence electrons. The summed E-state index contributed by atoms with van der Waals surface area (Å²) in [5.41, 5.74) is -0.897. The molecule has 1 amide bonds. The summed E-state index contributed by atoms with van der Waals surface area (Å²) in [4.78, 5) is 20.8. The highest BCUT2D eigenvalue weighted by Gasteiger charge is 2.29. The lowest BCUT2D eigenvalue weighted by molar-refractivity contribution is -0.0328. The lowest BCUT2D eigenvalue weighted by atomic mass is 10.1. The molecule has 1 N–H and O–H groups in total. The number of anilines is 2. The van der Waals surface area contributed by atoms with Gasteiger partial charge in [0, 0.05) is 40.8 Å². The van der Waals surface area contributed by atoms with Gasteiger partial charge in [0.1, 0.15) is 5.82 Å². The van der Waals surface area contributed by atoms with Crippen LogP contribution in [0.25, 0.3) is 0 Å². The maximum Gasteiger partial charge on any atom is 0.446 e. The van der Waals surface area contributed by atoms with Crippen LogP contribution in [0.5, 0.6) is 0 Å². The van der Waals surface area contributed by atoms with E-state index in [9.17, 15) is 22.4 Å². The molecule has 0 spiro atoms. The van der Waals surface area contributed by atoms with Gasteiger partial charge in [-0.15, -0.1) is 0 Å². The number of carbonyl (C=O) groups is 1. The van der Waals surface area contributed by atoms with E-state index in [1.165, 1.54) is 36.4 Å². The third-order valence-electron chi connectivity index (χ3n) is 5.19. The van der Waals surface area contributed by atoms with Gasteiger partial charge in [-0.05, 0) is 78.8 Å². The number of aromatic nitrogens is 1. The molecule has 4 rings (SSSR count). The molecule has 0 radical (unpaired) electrons. The van der Waals surface area contributed by atoms with Crippen LogP contribution in [-0.4, -0.2) is 28.0 Å². The number of nitrogens with one attached hydrogen (secondary N) is 1. The van der Waals surface area contributed by atoms with Gasteiger partial charge in [-0.3, -0.25) is 9.78 Å². The predicted molar refractivity (Wildman–Crippen MR) is 124 cm³/mol. The van der Waals surface area contributed by atoms with E-state index in [0.717, 1.165) is 16.9 Å². The molecule has 5 nitrogen and oxygen atoms in total. The Labute approximate surface area is 198 Å². The zero-order valence-electron chi connectivity index (χ0n) is 18.0. The lowest BCUT2D eigenvalue weighted by Crippen LogP contribution is -2.26. The van der Waals surface area contributed by atoms with Crippen molar-refractivity contribution in [1.29, 1.82) is 0 Å². The molecule has 0 aliphatic carbocycles. The zero-order chi connectivity index (χ0) is 24.3. The fourth-order valence-corrected chi connectivity index (χ4v) is 4.03. The lowest BCUT2D eigenvalue weighted by Gasteiger charge is -2.24. The van der Waals surface area contributed by atoms with Gasteiger partial charge in [0.05, 0.1) is 18.6 Å². The first-order valence-electron chi connectivity index (χ1n) is 10.2. The van der Waals surface area contributed by atoms with Gasteiger partial charge in [-0.1, -0.05) is 0 Å². The highest BCUT2D eigenvalue weighted by molar-refractivity contribution is 8.00. The molecule has 10 heteroatoms. The first-order chi connectivity index (χ1) is 16.2. The van der Waals surface area contributed by atoms with Crippen LogP contribution in [0.2, 0.25) is 0 Å². The largest absolute Gasteiger partial charge is 0.446 e. The Hall–Kier alpha value is -3.53. The molecule has 0 saturated carbocycles. The molecular formula is C24H20F4N4OS. The molecule has 1 aliphatic heterocycles. The van der Waals surface area contributed by atoms with Crippen LogP contribution in [0.4, 0.5) is 28.9 Å². The number of hydrogen-bond acceptors (Lipinski definition) is 5. The average molecular weight is 489 g/mol. The van der Waals surface area contributed by atoms with Gasteiger partial charge in [0.15, 0.2) is 0 Å². The van der Waals surface area contributed by atoms with Crippen molar-refractivity contribution in [3.05, 3.63) is 95.8 Å². The second-order valence-corrected chi connectivity index (χ2v) is 8.75. The van der Waals surface area contributed by atoms with Crippen LogP contribution in [0, 0.1) is 5.82 Å². The minimum absolute atomic E-state index is 0.131. The Morgan fingerprint density at radius 3 is 2.47 bits per heavy atom. The number of allylic oxidation sites excluding steroid dienone is 1.